The monoisotopic (exact) mass is 740 g/mol. The number of aromatic nitrogens is 2. The molecule has 0 bridgehead atoms. The molecule has 1 aliphatic heterocycles. The summed E-state index contributed by atoms with van der Waals surface area (Å²) in [5.74, 6) is 0.0105. The van der Waals surface area contributed by atoms with E-state index in [9.17, 15) is 19.4 Å². The van der Waals surface area contributed by atoms with Crippen LogP contribution in [0.25, 0.3) is 0 Å². The smallest absolute Gasteiger partial charge is 0.321 e. The lowest BCUT2D eigenvalue weighted by Gasteiger charge is -2.35. The first-order chi connectivity index (χ1) is 21.8. The van der Waals surface area contributed by atoms with Gasteiger partial charge < -0.3 is 15.1 Å². The van der Waals surface area contributed by atoms with Gasteiger partial charge in [-0.3, -0.25) is 14.4 Å². The van der Waals surface area contributed by atoms with E-state index in [1.165, 1.54) is 17.3 Å². The van der Waals surface area contributed by atoms with E-state index in [2.05, 4.69) is 39.6 Å². The van der Waals surface area contributed by atoms with Gasteiger partial charge in [0, 0.05) is 37.2 Å². The fourth-order valence-corrected chi connectivity index (χ4v) is 8.07. The van der Waals surface area contributed by atoms with Gasteiger partial charge in [-0.05, 0) is 119 Å². The van der Waals surface area contributed by atoms with Gasteiger partial charge in [0.05, 0.1) is 11.3 Å². The standard InChI is InChI=1S/C38H53FN4O3.3ClH/c1-7-43-35(22-32(40-43)19-26-11-13-30(14-12-26)38(4,5)46)27-15-17-42(18-16-27)24-29-21-33(41(6)36(25(2)3)37(44)45)23-34(29)28-9-8-10-31(39)20-28;;;/h8-14,20,22,25,27,29,33-34,36,46H,7,15-19,21,23-24H2,1-6H3,(H,44,45);3*1H/t29?,33?,34?,36-;;;/m1.../s1. The second-order valence-electron chi connectivity index (χ2n) is 14.6. The van der Waals surface area contributed by atoms with Crippen molar-refractivity contribution in [2.24, 2.45) is 11.8 Å². The number of hydrogen-bond acceptors (Lipinski definition) is 5. The van der Waals surface area contributed by atoms with Crippen molar-refractivity contribution in [3.05, 3.63) is 88.5 Å². The zero-order valence-corrected chi connectivity index (χ0v) is 32.2. The topological polar surface area (TPSA) is 81.8 Å². The molecule has 0 amide bonds. The Balaban J connectivity index is 0.00000278. The molecule has 2 N–H and O–H groups in total. The van der Waals surface area contributed by atoms with E-state index in [-0.39, 0.29) is 60.9 Å². The number of carboxylic acid groups (broad SMARTS) is 1. The molecule has 2 fully saturated rings. The zero-order valence-electron chi connectivity index (χ0n) is 29.7. The number of carbonyl (C=O) groups is 1. The molecule has 4 atom stereocenters. The van der Waals surface area contributed by atoms with Gasteiger partial charge in [0.1, 0.15) is 11.9 Å². The molecule has 1 saturated heterocycles. The third-order valence-corrected chi connectivity index (χ3v) is 10.6. The summed E-state index contributed by atoms with van der Waals surface area (Å²) >= 11 is 0. The summed E-state index contributed by atoms with van der Waals surface area (Å²) in [6.07, 6.45) is 4.66. The molecule has 7 nitrogen and oxygen atoms in total. The summed E-state index contributed by atoms with van der Waals surface area (Å²) in [6, 6.07) is 17.1. The Morgan fingerprint density at radius 1 is 1.04 bits per heavy atom. The lowest BCUT2D eigenvalue weighted by molar-refractivity contribution is -0.145. The number of aliphatic carboxylic acids is 1. The SMILES string of the molecule is CCn1nc(Cc2ccc(C(C)(C)O)cc2)cc1C1CCN(CC2CC(N(C)[C@@H](C(=O)O)C(C)C)CC2c2cccc(F)c2)CC1.Cl.Cl.Cl. The second-order valence-corrected chi connectivity index (χ2v) is 14.6. The summed E-state index contributed by atoms with van der Waals surface area (Å²) in [7, 11) is 1.95. The lowest BCUT2D eigenvalue weighted by atomic mass is 9.87. The minimum atomic E-state index is -0.849. The highest BCUT2D eigenvalue weighted by Gasteiger charge is 2.42. The molecule has 0 spiro atoms. The number of hydrogen-bond donors (Lipinski definition) is 2. The van der Waals surface area contributed by atoms with Crippen LogP contribution in [0.15, 0.2) is 54.6 Å². The van der Waals surface area contributed by atoms with Crippen LogP contribution < -0.4 is 0 Å². The van der Waals surface area contributed by atoms with Gasteiger partial charge in [0.15, 0.2) is 0 Å². The van der Waals surface area contributed by atoms with Crippen LogP contribution >= 0.6 is 37.2 Å². The predicted octanol–water partition coefficient (Wildman–Crippen LogP) is 7.91. The summed E-state index contributed by atoms with van der Waals surface area (Å²) in [4.78, 5) is 16.8. The molecule has 1 saturated carbocycles. The number of nitrogens with zero attached hydrogens (tertiary/aromatic N) is 4. The molecule has 274 valence electrons. The Kier molecular flexibility index (Phi) is 16.1. The van der Waals surface area contributed by atoms with Crippen molar-refractivity contribution in [1.29, 1.82) is 0 Å². The Morgan fingerprint density at radius 2 is 1.69 bits per heavy atom. The minimum Gasteiger partial charge on any atom is -0.480 e. The number of carboxylic acids is 1. The first-order valence-electron chi connectivity index (χ1n) is 17.1. The Morgan fingerprint density at radius 3 is 2.24 bits per heavy atom. The van der Waals surface area contributed by atoms with Crippen molar-refractivity contribution in [2.45, 2.75) is 103 Å². The first kappa shape index (κ1) is 43.0. The maximum atomic E-state index is 14.3. The normalized spacial score (nSPS) is 20.8. The van der Waals surface area contributed by atoms with Crippen LogP contribution in [0.2, 0.25) is 0 Å². The molecule has 11 heteroatoms. The van der Waals surface area contributed by atoms with Crippen LogP contribution in [0.3, 0.4) is 0 Å². The Hall–Kier alpha value is -2.20. The van der Waals surface area contributed by atoms with Crippen LogP contribution in [0.5, 0.6) is 0 Å². The number of piperidine rings is 1. The van der Waals surface area contributed by atoms with Gasteiger partial charge in [-0.25, -0.2) is 4.39 Å². The molecule has 3 aromatic rings. The summed E-state index contributed by atoms with van der Waals surface area (Å²) in [5.41, 5.74) is 4.67. The first-order valence-corrected chi connectivity index (χ1v) is 17.1. The summed E-state index contributed by atoms with van der Waals surface area (Å²) in [5, 5.41) is 25.2. The number of aryl methyl sites for hydroxylation is 1. The number of rotatable bonds is 12. The Labute approximate surface area is 310 Å². The third-order valence-electron chi connectivity index (χ3n) is 10.6. The van der Waals surface area contributed by atoms with Gasteiger partial charge in [-0.15, -0.1) is 37.2 Å². The molecule has 2 heterocycles. The van der Waals surface area contributed by atoms with E-state index in [4.69, 9.17) is 5.10 Å². The van der Waals surface area contributed by atoms with E-state index < -0.39 is 17.6 Å². The van der Waals surface area contributed by atoms with Crippen LogP contribution in [0.4, 0.5) is 4.39 Å². The van der Waals surface area contributed by atoms with Gasteiger partial charge in [0.2, 0.25) is 0 Å². The zero-order chi connectivity index (χ0) is 33.2. The number of likely N-dealkylation sites (N-methyl/N-ethyl adjacent to an activating group) is 1. The van der Waals surface area contributed by atoms with Crippen molar-refractivity contribution in [3.8, 4) is 0 Å². The predicted molar refractivity (Wildman–Crippen MR) is 202 cm³/mol. The number of benzene rings is 2. The van der Waals surface area contributed by atoms with Gasteiger partial charge in [-0.2, -0.15) is 5.10 Å². The molecule has 2 aliphatic rings. The molecule has 3 unspecified atom stereocenters. The van der Waals surface area contributed by atoms with Crippen molar-refractivity contribution < 1.29 is 19.4 Å². The maximum absolute atomic E-state index is 14.3. The van der Waals surface area contributed by atoms with Crippen molar-refractivity contribution >= 4 is 43.2 Å². The highest BCUT2D eigenvalue weighted by molar-refractivity contribution is 5.86. The highest BCUT2D eigenvalue weighted by atomic mass is 35.5. The molecule has 2 aromatic carbocycles. The van der Waals surface area contributed by atoms with E-state index in [1.807, 2.05) is 39.1 Å². The highest BCUT2D eigenvalue weighted by Crippen LogP contribution is 2.43. The fourth-order valence-electron chi connectivity index (χ4n) is 8.07. The van der Waals surface area contributed by atoms with E-state index in [1.54, 1.807) is 26.0 Å². The largest absolute Gasteiger partial charge is 0.480 e. The molecule has 0 radical (unpaired) electrons. The fraction of sp³-hybridized carbons (Fsp3) is 0.579. The summed E-state index contributed by atoms with van der Waals surface area (Å²) in [6.45, 7) is 13.5. The van der Waals surface area contributed by atoms with Crippen LogP contribution in [-0.2, 0) is 23.4 Å². The number of halogens is 4. The maximum Gasteiger partial charge on any atom is 0.321 e. The van der Waals surface area contributed by atoms with Crippen LogP contribution in [-0.4, -0.2) is 74.5 Å². The van der Waals surface area contributed by atoms with Crippen LogP contribution in [0.1, 0.15) is 100 Å². The molecule has 49 heavy (non-hydrogen) atoms. The molecule has 1 aromatic heterocycles. The summed E-state index contributed by atoms with van der Waals surface area (Å²) < 4.78 is 16.5. The Bertz CT molecular complexity index is 1470. The average molecular weight is 742 g/mol. The van der Waals surface area contributed by atoms with Gasteiger partial charge in [-0.1, -0.05) is 50.2 Å². The molecular formula is C38H56Cl3FN4O3. The van der Waals surface area contributed by atoms with E-state index in [0.29, 0.717) is 11.8 Å². The van der Waals surface area contributed by atoms with E-state index >= 15 is 0 Å². The van der Waals surface area contributed by atoms with Crippen LogP contribution in [0, 0.1) is 17.7 Å². The quantitative estimate of drug-likeness (QED) is 0.197. The number of likely N-dealkylation sites (tertiary alicyclic amines) is 1. The molecular weight excluding hydrogens is 686 g/mol. The van der Waals surface area contributed by atoms with Crippen molar-refractivity contribution in [3.63, 3.8) is 0 Å². The van der Waals surface area contributed by atoms with Crippen molar-refractivity contribution in [2.75, 3.05) is 26.7 Å². The minimum absolute atomic E-state index is 0. The van der Waals surface area contributed by atoms with Gasteiger partial charge >= 0.3 is 5.97 Å². The van der Waals surface area contributed by atoms with E-state index in [0.717, 1.165) is 75.1 Å². The molecule has 5 rings (SSSR count). The number of aliphatic hydroxyl groups is 1. The van der Waals surface area contributed by atoms with Gasteiger partial charge in [0.25, 0.3) is 0 Å². The molecule has 1 aliphatic carbocycles. The lowest BCUT2D eigenvalue weighted by Crippen LogP contribution is -2.47. The second kappa shape index (κ2) is 18.3. The third kappa shape index (κ3) is 10.4. The van der Waals surface area contributed by atoms with Crippen molar-refractivity contribution in [1.82, 2.24) is 19.6 Å². The average Bonchev–Trinajstić information content (AvgIpc) is 3.61.